The van der Waals surface area contributed by atoms with E-state index in [4.69, 9.17) is 0 Å². The molecule has 0 aliphatic heterocycles. The molecular formula is C10H22O3S2. The summed E-state index contributed by atoms with van der Waals surface area (Å²) in [7, 11) is -2.88. The second-order valence-corrected chi connectivity index (χ2v) is 8.96. The second kappa shape index (κ2) is 6.11. The van der Waals surface area contributed by atoms with Crippen LogP contribution in [0.25, 0.3) is 0 Å². The molecule has 0 saturated carbocycles. The minimum atomic E-state index is -2.88. The Labute approximate surface area is 97.6 Å². The quantitative estimate of drug-likeness (QED) is 0.784. The van der Waals surface area contributed by atoms with E-state index in [0.29, 0.717) is 18.6 Å². The van der Waals surface area contributed by atoms with E-state index in [1.54, 1.807) is 11.8 Å². The Bertz CT molecular complexity index is 265. The molecule has 1 unspecified atom stereocenters. The molecule has 0 spiro atoms. The summed E-state index contributed by atoms with van der Waals surface area (Å²) in [4.78, 5) is 0. The summed E-state index contributed by atoms with van der Waals surface area (Å²) in [5.74, 6) is 0.845. The molecule has 92 valence electrons. The van der Waals surface area contributed by atoms with Crippen LogP contribution in [-0.2, 0) is 9.84 Å². The third kappa shape index (κ3) is 12.2. The molecule has 0 aliphatic rings. The van der Waals surface area contributed by atoms with Crippen LogP contribution in [0.15, 0.2) is 0 Å². The Morgan fingerprint density at radius 3 is 2.27 bits per heavy atom. The molecule has 0 radical (unpaired) electrons. The lowest BCUT2D eigenvalue weighted by Crippen LogP contribution is -2.17. The first-order chi connectivity index (χ1) is 6.60. The first-order valence-electron chi connectivity index (χ1n) is 5.10. The molecule has 0 amide bonds. The zero-order valence-corrected chi connectivity index (χ0v) is 11.6. The van der Waals surface area contributed by atoms with Gasteiger partial charge in [0.1, 0.15) is 9.84 Å². The Hall–Kier alpha value is 0.260. The summed E-state index contributed by atoms with van der Waals surface area (Å²) in [5.41, 5.74) is 0. The molecular weight excluding hydrogens is 232 g/mol. The van der Waals surface area contributed by atoms with E-state index in [-0.39, 0.29) is 10.5 Å². The molecule has 0 fully saturated rings. The highest BCUT2D eigenvalue weighted by Gasteiger charge is 2.14. The minimum Gasteiger partial charge on any atom is -0.392 e. The summed E-state index contributed by atoms with van der Waals surface area (Å²) >= 11 is 1.70. The standard InChI is InChI=1S/C10H22O3S2/c1-10(2,3)14-8-9(11)6-5-7-15(4,12)13/h9,11H,5-8H2,1-4H3. The van der Waals surface area contributed by atoms with Crippen LogP contribution in [0.3, 0.4) is 0 Å². The lowest BCUT2D eigenvalue weighted by molar-refractivity contribution is 0.188. The third-order valence-corrected chi connectivity index (χ3v) is 4.21. The zero-order chi connectivity index (χ0) is 12.1. The number of hydrogen-bond donors (Lipinski definition) is 1. The highest BCUT2D eigenvalue weighted by Crippen LogP contribution is 2.24. The highest BCUT2D eigenvalue weighted by molar-refractivity contribution is 8.00. The third-order valence-electron chi connectivity index (χ3n) is 1.76. The summed E-state index contributed by atoms with van der Waals surface area (Å²) < 4.78 is 21.8. The van der Waals surface area contributed by atoms with Crippen molar-refractivity contribution in [1.82, 2.24) is 0 Å². The molecule has 3 nitrogen and oxygen atoms in total. The van der Waals surface area contributed by atoms with Crippen LogP contribution in [0, 0.1) is 0 Å². The van der Waals surface area contributed by atoms with Crippen molar-refractivity contribution in [3.05, 3.63) is 0 Å². The van der Waals surface area contributed by atoms with Gasteiger partial charge in [0.2, 0.25) is 0 Å². The normalized spacial score (nSPS) is 15.3. The van der Waals surface area contributed by atoms with Gasteiger partial charge in [0.15, 0.2) is 0 Å². The largest absolute Gasteiger partial charge is 0.392 e. The molecule has 5 heteroatoms. The van der Waals surface area contributed by atoms with Crippen LogP contribution in [-0.4, -0.2) is 42.1 Å². The Balaban J connectivity index is 3.63. The number of aliphatic hydroxyl groups is 1. The molecule has 1 atom stereocenters. The minimum absolute atomic E-state index is 0.151. The van der Waals surface area contributed by atoms with Gasteiger partial charge in [-0.25, -0.2) is 8.42 Å². The van der Waals surface area contributed by atoms with Crippen LogP contribution in [0.1, 0.15) is 33.6 Å². The van der Waals surface area contributed by atoms with E-state index >= 15 is 0 Å². The molecule has 0 rings (SSSR count). The molecule has 15 heavy (non-hydrogen) atoms. The predicted molar refractivity (Wildman–Crippen MR) is 67.2 cm³/mol. The smallest absolute Gasteiger partial charge is 0.147 e. The fraction of sp³-hybridized carbons (Fsp3) is 1.00. The van der Waals surface area contributed by atoms with Crippen LogP contribution < -0.4 is 0 Å². The van der Waals surface area contributed by atoms with Crippen molar-refractivity contribution in [3.63, 3.8) is 0 Å². The molecule has 1 N–H and O–H groups in total. The predicted octanol–water partition coefficient (Wildman–Crippen LogP) is 1.70. The first kappa shape index (κ1) is 15.3. The molecule has 0 bridgehead atoms. The Morgan fingerprint density at radius 2 is 1.87 bits per heavy atom. The molecule has 0 aromatic heterocycles. The van der Waals surface area contributed by atoms with Gasteiger partial charge in [0.05, 0.1) is 6.10 Å². The van der Waals surface area contributed by atoms with Crippen LogP contribution in [0.4, 0.5) is 0 Å². The van der Waals surface area contributed by atoms with Crippen molar-refractivity contribution < 1.29 is 13.5 Å². The van der Waals surface area contributed by atoms with Crippen molar-refractivity contribution in [2.24, 2.45) is 0 Å². The van der Waals surface area contributed by atoms with Crippen molar-refractivity contribution in [3.8, 4) is 0 Å². The number of hydrogen-bond acceptors (Lipinski definition) is 4. The number of sulfone groups is 1. The van der Waals surface area contributed by atoms with E-state index in [9.17, 15) is 13.5 Å². The van der Waals surface area contributed by atoms with Crippen molar-refractivity contribution >= 4 is 21.6 Å². The van der Waals surface area contributed by atoms with Gasteiger partial charge in [-0.05, 0) is 12.8 Å². The average molecular weight is 254 g/mol. The number of thioether (sulfide) groups is 1. The van der Waals surface area contributed by atoms with E-state index in [1.165, 1.54) is 6.26 Å². The molecule has 0 saturated heterocycles. The van der Waals surface area contributed by atoms with Crippen molar-refractivity contribution in [1.29, 1.82) is 0 Å². The second-order valence-electron chi connectivity index (χ2n) is 4.85. The van der Waals surface area contributed by atoms with Gasteiger partial charge in [-0.1, -0.05) is 20.8 Å². The zero-order valence-electron chi connectivity index (χ0n) is 9.99. The number of rotatable bonds is 6. The lowest BCUT2D eigenvalue weighted by atomic mass is 10.2. The van der Waals surface area contributed by atoms with Gasteiger partial charge in [-0.2, -0.15) is 11.8 Å². The number of aliphatic hydroxyl groups excluding tert-OH is 1. The molecule has 0 aliphatic carbocycles. The SMILES string of the molecule is CC(C)(C)SCC(O)CCCS(C)(=O)=O. The summed E-state index contributed by atoms with van der Waals surface area (Å²) in [6.07, 6.45) is 1.94. The Morgan fingerprint density at radius 1 is 1.33 bits per heavy atom. The van der Waals surface area contributed by atoms with E-state index in [2.05, 4.69) is 20.8 Å². The topological polar surface area (TPSA) is 54.4 Å². The lowest BCUT2D eigenvalue weighted by Gasteiger charge is -2.19. The maximum Gasteiger partial charge on any atom is 0.147 e. The van der Waals surface area contributed by atoms with E-state index in [1.807, 2.05) is 0 Å². The summed E-state index contributed by atoms with van der Waals surface area (Å²) in [5, 5.41) is 9.59. The van der Waals surface area contributed by atoms with Gasteiger partial charge in [-0.15, -0.1) is 0 Å². The van der Waals surface area contributed by atoms with Gasteiger partial charge in [-0.3, -0.25) is 0 Å². The fourth-order valence-corrected chi connectivity index (χ4v) is 2.56. The van der Waals surface area contributed by atoms with E-state index < -0.39 is 15.9 Å². The maximum absolute atomic E-state index is 10.8. The first-order valence-corrected chi connectivity index (χ1v) is 8.14. The molecule has 0 heterocycles. The van der Waals surface area contributed by atoms with Crippen molar-refractivity contribution in [2.45, 2.75) is 44.5 Å². The van der Waals surface area contributed by atoms with E-state index in [0.717, 1.165) is 0 Å². The van der Waals surface area contributed by atoms with Gasteiger partial charge < -0.3 is 5.11 Å². The summed E-state index contributed by atoms with van der Waals surface area (Å²) in [6, 6.07) is 0. The van der Waals surface area contributed by atoms with Gasteiger partial charge in [0, 0.05) is 22.5 Å². The van der Waals surface area contributed by atoms with Crippen LogP contribution >= 0.6 is 11.8 Å². The van der Waals surface area contributed by atoms with Crippen LogP contribution in [0.5, 0.6) is 0 Å². The maximum atomic E-state index is 10.8. The molecule has 0 aromatic carbocycles. The average Bonchev–Trinajstić information content (AvgIpc) is 1.97. The summed E-state index contributed by atoms with van der Waals surface area (Å²) in [6.45, 7) is 6.29. The fourth-order valence-electron chi connectivity index (χ4n) is 1.01. The van der Waals surface area contributed by atoms with Gasteiger partial charge >= 0.3 is 0 Å². The highest BCUT2D eigenvalue weighted by atomic mass is 32.2. The van der Waals surface area contributed by atoms with Crippen molar-refractivity contribution in [2.75, 3.05) is 17.8 Å². The van der Waals surface area contributed by atoms with Gasteiger partial charge in [0.25, 0.3) is 0 Å². The monoisotopic (exact) mass is 254 g/mol. The molecule has 0 aromatic rings. The van der Waals surface area contributed by atoms with Crippen LogP contribution in [0.2, 0.25) is 0 Å². The Kier molecular flexibility index (Phi) is 6.21.